The van der Waals surface area contributed by atoms with E-state index >= 15 is 0 Å². The van der Waals surface area contributed by atoms with E-state index in [0.29, 0.717) is 6.54 Å². The Hall–Kier alpha value is -2.83. The van der Waals surface area contributed by atoms with E-state index in [9.17, 15) is 19.5 Å². The smallest absolute Gasteiger partial charge is 0.325 e. The van der Waals surface area contributed by atoms with Gasteiger partial charge in [-0.25, -0.2) is 4.79 Å². The van der Waals surface area contributed by atoms with Crippen LogP contribution in [0.15, 0.2) is 40.1 Å². The molecule has 0 aliphatic carbocycles. The Morgan fingerprint density at radius 1 is 1.27 bits per heavy atom. The van der Waals surface area contributed by atoms with Crippen molar-refractivity contribution < 1.29 is 9.90 Å². The SMILES string of the molecule is O=C(Cc1c[nH]c(=O)[nH]c1=O)N1CCCC[C@@H]1CCc1cccc(O)c1. The maximum Gasteiger partial charge on any atom is 0.325 e. The minimum atomic E-state index is -0.576. The average molecular weight is 357 g/mol. The number of hydrogen-bond donors (Lipinski definition) is 3. The van der Waals surface area contributed by atoms with Crippen LogP contribution in [0.1, 0.15) is 36.8 Å². The van der Waals surface area contributed by atoms with E-state index < -0.39 is 11.2 Å². The molecule has 1 aromatic carbocycles. The summed E-state index contributed by atoms with van der Waals surface area (Å²) in [5, 5.41) is 9.58. The van der Waals surface area contributed by atoms with E-state index in [1.54, 1.807) is 12.1 Å². The van der Waals surface area contributed by atoms with Crippen LogP contribution in [0, 0.1) is 0 Å². The summed E-state index contributed by atoms with van der Waals surface area (Å²) >= 11 is 0. The lowest BCUT2D eigenvalue weighted by molar-refractivity contribution is -0.134. The number of hydrogen-bond acceptors (Lipinski definition) is 4. The molecule has 1 aliphatic rings. The van der Waals surface area contributed by atoms with Gasteiger partial charge in [0.05, 0.1) is 6.42 Å². The molecule has 0 bridgehead atoms. The number of aromatic amines is 2. The van der Waals surface area contributed by atoms with E-state index in [-0.39, 0.29) is 29.7 Å². The second kappa shape index (κ2) is 8.03. The van der Waals surface area contributed by atoms with Crippen molar-refractivity contribution in [3.63, 3.8) is 0 Å². The minimum absolute atomic E-state index is 0.0191. The number of aromatic nitrogens is 2. The van der Waals surface area contributed by atoms with Gasteiger partial charge in [0.1, 0.15) is 5.75 Å². The summed E-state index contributed by atoms with van der Waals surface area (Å²) in [5.74, 6) is 0.152. The second-order valence-electron chi connectivity index (χ2n) is 6.72. The topological polar surface area (TPSA) is 106 Å². The van der Waals surface area contributed by atoms with Gasteiger partial charge < -0.3 is 15.0 Å². The molecule has 0 spiro atoms. The zero-order valence-corrected chi connectivity index (χ0v) is 14.5. The molecule has 26 heavy (non-hydrogen) atoms. The molecule has 1 aliphatic heterocycles. The van der Waals surface area contributed by atoms with Gasteiger partial charge in [0.2, 0.25) is 5.91 Å². The van der Waals surface area contributed by atoms with Gasteiger partial charge in [0.25, 0.3) is 5.56 Å². The predicted octanol–water partition coefficient (Wildman–Crippen LogP) is 1.33. The number of aromatic hydroxyl groups is 1. The number of piperidine rings is 1. The number of benzene rings is 1. The Kier molecular flexibility index (Phi) is 5.55. The summed E-state index contributed by atoms with van der Waals surface area (Å²) in [5.41, 5.74) is 0.218. The van der Waals surface area contributed by atoms with Gasteiger partial charge in [0.15, 0.2) is 0 Å². The van der Waals surface area contributed by atoms with Gasteiger partial charge >= 0.3 is 5.69 Å². The van der Waals surface area contributed by atoms with Gasteiger partial charge in [-0.15, -0.1) is 0 Å². The number of nitrogens with zero attached hydrogens (tertiary/aromatic N) is 1. The van der Waals surface area contributed by atoms with Gasteiger partial charge in [0, 0.05) is 24.3 Å². The normalized spacial score (nSPS) is 17.2. The Morgan fingerprint density at radius 3 is 2.88 bits per heavy atom. The summed E-state index contributed by atoms with van der Waals surface area (Å²) in [6, 6.07) is 7.29. The first-order chi connectivity index (χ1) is 12.5. The number of phenols is 1. The van der Waals surface area contributed by atoms with Crippen LogP contribution < -0.4 is 11.2 Å². The first kappa shape index (κ1) is 18.0. The van der Waals surface area contributed by atoms with Gasteiger partial charge in [-0.2, -0.15) is 0 Å². The molecule has 2 aromatic rings. The molecule has 0 radical (unpaired) electrons. The summed E-state index contributed by atoms with van der Waals surface area (Å²) in [6.07, 6.45) is 5.86. The van der Waals surface area contributed by atoms with Gasteiger partial charge in [-0.1, -0.05) is 12.1 Å². The number of amides is 1. The van der Waals surface area contributed by atoms with E-state index in [4.69, 9.17) is 0 Å². The monoisotopic (exact) mass is 357 g/mol. The summed E-state index contributed by atoms with van der Waals surface area (Å²) in [6.45, 7) is 0.685. The lowest BCUT2D eigenvalue weighted by Gasteiger charge is -2.36. The standard InChI is InChI=1S/C19H23N3O4/c23-16-6-3-4-13(10-16)7-8-15-5-1-2-9-22(15)17(24)11-14-12-20-19(26)21-18(14)25/h3-4,6,10,12,15,23H,1-2,5,7-9,11H2,(H2,20,21,25,26)/t15-/m1/s1. The van der Waals surface area contributed by atoms with Crippen LogP contribution in [0.5, 0.6) is 5.75 Å². The third kappa shape index (κ3) is 4.41. The van der Waals surface area contributed by atoms with Crippen molar-refractivity contribution in [2.45, 2.75) is 44.6 Å². The number of H-pyrrole nitrogens is 2. The zero-order valence-electron chi connectivity index (χ0n) is 14.5. The van der Waals surface area contributed by atoms with Crippen LogP contribution in [0.4, 0.5) is 0 Å². The number of aryl methyl sites for hydroxylation is 1. The molecule has 138 valence electrons. The Bertz CT molecular complexity index is 887. The molecule has 1 aromatic heterocycles. The summed E-state index contributed by atoms with van der Waals surface area (Å²) in [7, 11) is 0. The number of rotatable bonds is 5. The van der Waals surface area contributed by atoms with Crippen molar-refractivity contribution in [2.24, 2.45) is 0 Å². The van der Waals surface area contributed by atoms with Crippen LogP contribution in [-0.2, 0) is 17.6 Å². The number of nitrogens with one attached hydrogen (secondary N) is 2. The molecular formula is C19H23N3O4. The number of phenolic OH excluding ortho intramolecular Hbond substituents is 1. The highest BCUT2D eigenvalue weighted by Crippen LogP contribution is 2.23. The lowest BCUT2D eigenvalue weighted by Crippen LogP contribution is -2.45. The largest absolute Gasteiger partial charge is 0.508 e. The highest BCUT2D eigenvalue weighted by Gasteiger charge is 2.26. The van der Waals surface area contributed by atoms with Gasteiger partial charge in [-0.05, 0) is 49.8 Å². The van der Waals surface area contributed by atoms with Crippen molar-refractivity contribution >= 4 is 5.91 Å². The fraction of sp³-hybridized carbons (Fsp3) is 0.421. The van der Waals surface area contributed by atoms with Crippen LogP contribution in [0.2, 0.25) is 0 Å². The van der Waals surface area contributed by atoms with E-state index in [2.05, 4.69) is 9.97 Å². The fourth-order valence-corrected chi connectivity index (χ4v) is 3.51. The van der Waals surface area contributed by atoms with Crippen LogP contribution in [0.3, 0.4) is 0 Å². The number of carbonyl (C=O) groups excluding carboxylic acids is 1. The maximum absolute atomic E-state index is 12.7. The van der Waals surface area contributed by atoms with Crippen molar-refractivity contribution in [3.8, 4) is 5.75 Å². The summed E-state index contributed by atoms with van der Waals surface area (Å²) < 4.78 is 0. The van der Waals surface area contributed by atoms with Crippen molar-refractivity contribution in [1.29, 1.82) is 0 Å². The second-order valence-corrected chi connectivity index (χ2v) is 6.72. The van der Waals surface area contributed by atoms with E-state index in [0.717, 1.165) is 37.7 Å². The lowest BCUT2D eigenvalue weighted by atomic mass is 9.95. The highest BCUT2D eigenvalue weighted by molar-refractivity contribution is 5.79. The maximum atomic E-state index is 12.7. The van der Waals surface area contributed by atoms with Crippen LogP contribution in [0.25, 0.3) is 0 Å². The average Bonchev–Trinajstić information content (AvgIpc) is 2.62. The zero-order chi connectivity index (χ0) is 18.5. The molecular weight excluding hydrogens is 334 g/mol. The van der Waals surface area contributed by atoms with Crippen LogP contribution in [-0.4, -0.2) is 38.5 Å². The minimum Gasteiger partial charge on any atom is -0.508 e. The predicted molar refractivity (Wildman–Crippen MR) is 97.2 cm³/mol. The molecule has 1 atom stereocenters. The van der Waals surface area contributed by atoms with Crippen molar-refractivity contribution in [1.82, 2.24) is 14.9 Å². The first-order valence-electron chi connectivity index (χ1n) is 8.91. The molecule has 1 fully saturated rings. The Morgan fingerprint density at radius 2 is 2.12 bits per heavy atom. The molecule has 0 unspecified atom stereocenters. The summed E-state index contributed by atoms with van der Waals surface area (Å²) in [4.78, 5) is 42.0. The third-order valence-electron chi connectivity index (χ3n) is 4.86. The molecule has 0 saturated carbocycles. The van der Waals surface area contributed by atoms with Crippen LogP contribution >= 0.6 is 0 Å². The molecule has 7 heteroatoms. The first-order valence-corrected chi connectivity index (χ1v) is 8.91. The molecule has 2 heterocycles. The molecule has 3 rings (SSSR count). The molecule has 1 saturated heterocycles. The quantitative estimate of drug-likeness (QED) is 0.750. The number of likely N-dealkylation sites (tertiary alicyclic amines) is 1. The molecule has 3 N–H and O–H groups in total. The highest BCUT2D eigenvalue weighted by atomic mass is 16.3. The van der Waals surface area contributed by atoms with E-state index in [1.165, 1.54) is 6.20 Å². The fourth-order valence-electron chi connectivity index (χ4n) is 3.51. The Labute approximate surface area is 150 Å². The van der Waals surface area contributed by atoms with Gasteiger partial charge in [-0.3, -0.25) is 14.6 Å². The number of carbonyl (C=O) groups is 1. The van der Waals surface area contributed by atoms with E-state index in [1.807, 2.05) is 17.0 Å². The van der Waals surface area contributed by atoms with Crippen molar-refractivity contribution in [3.05, 3.63) is 62.4 Å². The van der Waals surface area contributed by atoms with Crippen molar-refractivity contribution in [2.75, 3.05) is 6.54 Å². The molecule has 1 amide bonds. The molecule has 7 nitrogen and oxygen atoms in total. The third-order valence-corrected chi connectivity index (χ3v) is 4.86. The Balaban J connectivity index is 1.66.